The molecule has 3 nitrogen and oxygen atoms in total. The lowest BCUT2D eigenvalue weighted by Gasteiger charge is -2.13. The van der Waals surface area contributed by atoms with Gasteiger partial charge in [0.05, 0.1) is 12.5 Å². The van der Waals surface area contributed by atoms with Crippen LogP contribution in [0.3, 0.4) is 0 Å². The fourth-order valence-corrected chi connectivity index (χ4v) is 2.66. The highest BCUT2D eigenvalue weighted by atomic mass is 16.5. The Morgan fingerprint density at radius 2 is 1.32 bits per heavy atom. The maximum absolute atomic E-state index is 11.8. The van der Waals surface area contributed by atoms with Gasteiger partial charge < -0.3 is 10.5 Å². The minimum absolute atomic E-state index is 0.0909. The van der Waals surface area contributed by atoms with E-state index < -0.39 is 0 Å². The van der Waals surface area contributed by atoms with Gasteiger partial charge in [-0.25, -0.2) is 0 Å². The van der Waals surface area contributed by atoms with Gasteiger partial charge in [0.25, 0.3) is 0 Å². The van der Waals surface area contributed by atoms with Crippen LogP contribution in [0.2, 0.25) is 0 Å². The van der Waals surface area contributed by atoms with Crippen LogP contribution in [-0.2, 0) is 9.53 Å². The van der Waals surface area contributed by atoms with Crippen LogP contribution in [-0.4, -0.2) is 19.1 Å². The van der Waals surface area contributed by atoms with Gasteiger partial charge in [0, 0.05) is 6.54 Å². The van der Waals surface area contributed by atoms with Crippen LogP contribution in [0.4, 0.5) is 0 Å². The SMILES string of the molecule is CCCCCCCCCCCCOC(=O)C(CN)CCCC. The maximum atomic E-state index is 11.8. The van der Waals surface area contributed by atoms with Crippen molar-refractivity contribution in [2.24, 2.45) is 11.7 Å². The molecule has 0 rings (SSSR count). The highest BCUT2D eigenvalue weighted by molar-refractivity contribution is 5.72. The van der Waals surface area contributed by atoms with E-state index in [1.807, 2.05) is 0 Å². The molecule has 0 aromatic carbocycles. The summed E-state index contributed by atoms with van der Waals surface area (Å²) in [5.74, 6) is -0.185. The van der Waals surface area contributed by atoms with E-state index in [1.165, 1.54) is 57.8 Å². The Hall–Kier alpha value is -0.570. The molecular weight excluding hydrogens is 274 g/mol. The van der Waals surface area contributed by atoms with Crippen LogP contribution in [0.5, 0.6) is 0 Å². The molecule has 0 aromatic heterocycles. The second-order valence-corrected chi connectivity index (χ2v) is 6.42. The van der Waals surface area contributed by atoms with Gasteiger partial charge in [-0.15, -0.1) is 0 Å². The maximum Gasteiger partial charge on any atom is 0.310 e. The molecule has 0 aromatic rings. The van der Waals surface area contributed by atoms with Crippen molar-refractivity contribution in [1.82, 2.24) is 0 Å². The Labute approximate surface area is 138 Å². The zero-order valence-electron chi connectivity index (χ0n) is 15.1. The number of esters is 1. The molecule has 0 fully saturated rings. The third-order valence-corrected chi connectivity index (χ3v) is 4.27. The molecule has 0 heterocycles. The largest absolute Gasteiger partial charge is 0.465 e. The van der Waals surface area contributed by atoms with Crippen molar-refractivity contribution >= 4 is 5.97 Å². The first-order valence-electron chi connectivity index (χ1n) is 9.62. The molecule has 0 spiro atoms. The topological polar surface area (TPSA) is 52.3 Å². The van der Waals surface area contributed by atoms with Gasteiger partial charge in [0.1, 0.15) is 0 Å². The molecule has 0 radical (unpaired) electrons. The van der Waals surface area contributed by atoms with Crippen molar-refractivity contribution in [2.45, 2.75) is 97.3 Å². The number of rotatable bonds is 16. The summed E-state index contributed by atoms with van der Waals surface area (Å²) < 4.78 is 5.35. The van der Waals surface area contributed by atoms with Crippen LogP contribution < -0.4 is 5.73 Å². The second-order valence-electron chi connectivity index (χ2n) is 6.42. The van der Waals surface area contributed by atoms with E-state index in [9.17, 15) is 4.79 Å². The van der Waals surface area contributed by atoms with Gasteiger partial charge in [-0.05, 0) is 12.8 Å². The molecule has 1 unspecified atom stereocenters. The molecule has 0 aliphatic heterocycles. The van der Waals surface area contributed by atoms with E-state index in [0.717, 1.165) is 25.7 Å². The predicted octanol–water partition coefficient (Wildman–Crippen LogP) is 5.22. The van der Waals surface area contributed by atoms with E-state index in [-0.39, 0.29) is 11.9 Å². The van der Waals surface area contributed by atoms with E-state index in [4.69, 9.17) is 10.5 Å². The lowest BCUT2D eigenvalue weighted by atomic mass is 10.0. The summed E-state index contributed by atoms with van der Waals surface area (Å²) in [4.78, 5) is 11.8. The van der Waals surface area contributed by atoms with E-state index >= 15 is 0 Å². The fourth-order valence-electron chi connectivity index (χ4n) is 2.66. The smallest absolute Gasteiger partial charge is 0.310 e. The van der Waals surface area contributed by atoms with Gasteiger partial charge in [-0.1, -0.05) is 84.5 Å². The minimum Gasteiger partial charge on any atom is -0.465 e. The van der Waals surface area contributed by atoms with Crippen LogP contribution >= 0.6 is 0 Å². The molecule has 0 aliphatic rings. The summed E-state index contributed by atoms with van der Waals surface area (Å²) in [6.07, 6.45) is 16.0. The summed E-state index contributed by atoms with van der Waals surface area (Å²) in [6, 6.07) is 0. The van der Waals surface area contributed by atoms with Gasteiger partial charge in [-0.2, -0.15) is 0 Å². The molecule has 132 valence electrons. The third kappa shape index (κ3) is 13.1. The average molecular weight is 314 g/mol. The summed E-state index contributed by atoms with van der Waals surface area (Å²) in [6.45, 7) is 5.36. The lowest BCUT2D eigenvalue weighted by molar-refractivity contribution is -0.148. The first-order valence-corrected chi connectivity index (χ1v) is 9.62. The Balaban J connectivity index is 3.35. The Bertz CT molecular complexity index is 244. The first kappa shape index (κ1) is 21.4. The molecular formula is C19H39NO2. The first-order chi connectivity index (χ1) is 10.8. The molecule has 0 amide bonds. The quantitative estimate of drug-likeness (QED) is 0.314. The van der Waals surface area contributed by atoms with Crippen molar-refractivity contribution in [3.05, 3.63) is 0 Å². The number of ether oxygens (including phenoxy) is 1. The van der Waals surface area contributed by atoms with Crippen molar-refractivity contribution < 1.29 is 9.53 Å². The van der Waals surface area contributed by atoms with E-state index in [0.29, 0.717) is 13.2 Å². The molecule has 0 aliphatic carbocycles. The summed E-state index contributed by atoms with van der Waals surface area (Å²) in [5, 5.41) is 0. The molecule has 3 heteroatoms. The van der Waals surface area contributed by atoms with Gasteiger partial charge in [0.2, 0.25) is 0 Å². The fraction of sp³-hybridized carbons (Fsp3) is 0.947. The molecule has 1 atom stereocenters. The summed E-state index contributed by atoms with van der Waals surface area (Å²) in [5.41, 5.74) is 5.64. The van der Waals surface area contributed by atoms with Crippen molar-refractivity contribution in [1.29, 1.82) is 0 Å². The summed E-state index contributed by atoms with van der Waals surface area (Å²) in [7, 11) is 0. The number of nitrogens with two attached hydrogens (primary N) is 1. The lowest BCUT2D eigenvalue weighted by Crippen LogP contribution is -2.26. The molecule has 0 saturated heterocycles. The zero-order valence-corrected chi connectivity index (χ0v) is 15.1. The van der Waals surface area contributed by atoms with Crippen molar-refractivity contribution in [2.75, 3.05) is 13.2 Å². The van der Waals surface area contributed by atoms with Gasteiger partial charge in [0.15, 0.2) is 0 Å². The van der Waals surface area contributed by atoms with Crippen molar-refractivity contribution in [3.8, 4) is 0 Å². The Kier molecular flexibility index (Phi) is 16.4. The van der Waals surface area contributed by atoms with Gasteiger partial charge >= 0.3 is 5.97 Å². The second kappa shape index (κ2) is 16.8. The molecule has 2 N–H and O–H groups in total. The minimum atomic E-state index is -0.0944. The highest BCUT2D eigenvalue weighted by Crippen LogP contribution is 2.12. The number of hydrogen-bond donors (Lipinski definition) is 1. The monoisotopic (exact) mass is 313 g/mol. The summed E-state index contributed by atoms with van der Waals surface area (Å²) >= 11 is 0. The highest BCUT2D eigenvalue weighted by Gasteiger charge is 2.17. The third-order valence-electron chi connectivity index (χ3n) is 4.27. The zero-order chi connectivity index (χ0) is 16.5. The normalized spacial score (nSPS) is 12.3. The Morgan fingerprint density at radius 1 is 0.818 bits per heavy atom. The van der Waals surface area contributed by atoms with Crippen LogP contribution in [0.25, 0.3) is 0 Å². The van der Waals surface area contributed by atoms with Gasteiger partial charge in [-0.3, -0.25) is 4.79 Å². The van der Waals surface area contributed by atoms with Crippen LogP contribution in [0, 0.1) is 5.92 Å². The average Bonchev–Trinajstić information content (AvgIpc) is 2.53. The van der Waals surface area contributed by atoms with Crippen LogP contribution in [0.15, 0.2) is 0 Å². The predicted molar refractivity (Wildman–Crippen MR) is 94.9 cm³/mol. The standard InChI is InChI=1S/C19H39NO2/c1-3-5-7-8-9-10-11-12-13-14-16-22-19(21)18(17-20)15-6-4-2/h18H,3-17,20H2,1-2H3. The number of carbonyl (C=O) groups is 1. The number of carbonyl (C=O) groups excluding carboxylic acids is 1. The number of hydrogen-bond acceptors (Lipinski definition) is 3. The number of unbranched alkanes of at least 4 members (excludes halogenated alkanes) is 10. The van der Waals surface area contributed by atoms with E-state index in [2.05, 4.69) is 13.8 Å². The molecule has 0 saturated carbocycles. The molecule has 0 bridgehead atoms. The van der Waals surface area contributed by atoms with Crippen molar-refractivity contribution in [3.63, 3.8) is 0 Å². The van der Waals surface area contributed by atoms with E-state index in [1.54, 1.807) is 0 Å². The Morgan fingerprint density at radius 3 is 1.82 bits per heavy atom. The van der Waals surface area contributed by atoms with Crippen LogP contribution in [0.1, 0.15) is 97.3 Å². The molecule has 22 heavy (non-hydrogen) atoms.